The standard InChI is InChI=1S/C18H17N3O2/c1-19-16-13-10-6-7-11-21(13)15(12-8-4-3-5-9-12)14(16)17(22)20(2)18(19)23/h3-6,8-10H,7,11H2,1-2H3. The highest BCUT2D eigenvalue weighted by atomic mass is 16.2. The zero-order valence-corrected chi connectivity index (χ0v) is 13.1. The first-order chi connectivity index (χ1) is 11.1. The Morgan fingerprint density at radius 3 is 2.48 bits per heavy atom. The zero-order chi connectivity index (χ0) is 16.1. The van der Waals surface area contributed by atoms with Crippen LogP contribution in [-0.2, 0) is 20.6 Å². The second-order valence-corrected chi connectivity index (χ2v) is 5.87. The molecule has 0 aliphatic carbocycles. The van der Waals surface area contributed by atoms with Crippen LogP contribution in [0.15, 0.2) is 46.0 Å². The molecule has 116 valence electrons. The van der Waals surface area contributed by atoms with E-state index in [1.807, 2.05) is 36.4 Å². The SMILES string of the molecule is Cn1c(=O)c2c(-c3ccccc3)n3c(c2n(C)c1=O)C=CCC3. The van der Waals surface area contributed by atoms with Crippen molar-refractivity contribution in [3.63, 3.8) is 0 Å². The summed E-state index contributed by atoms with van der Waals surface area (Å²) < 4.78 is 4.91. The van der Waals surface area contributed by atoms with Crippen molar-refractivity contribution in [3.05, 3.63) is 62.9 Å². The molecule has 0 bridgehead atoms. The van der Waals surface area contributed by atoms with Gasteiger partial charge in [-0.2, -0.15) is 0 Å². The molecule has 0 saturated heterocycles. The number of fused-ring (bicyclic) bond motifs is 3. The molecule has 5 nitrogen and oxygen atoms in total. The Bertz CT molecular complexity index is 1070. The van der Waals surface area contributed by atoms with Gasteiger partial charge in [0.05, 0.1) is 22.3 Å². The van der Waals surface area contributed by atoms with Gasteiger partial charge in [0.25, 0.3) is 5.56 Å². The van der Waals surface area contributed by atoms with E-state index < -0.39 is 0 Å². The zero-order valence-electron chi connectivity index (χ0n) is 13.1. The van der Waals surface area contributed by atoms with Crippen LogP contribution >= 0.6 is 0 Å². The molecule has 0 fully saturated rings. The summed E-state index contributed by atoms with van der Waals surface area (Å²) in [7, 11) is 3.26. The minimum Gasteiger partial charge on any atom is -0.338 e. The molecule has 1 aliphatic rings. The molecule has 0 spiro atoms. The molecule has 0 atom stereocenters. The van der Waals surface area contributed by atoms with Gasteiger partial charge in [-0.05, 0) is 18.1 Å². The molecule has 0 N–H and O–H groups in total. The number of allylic oxidation sites excluding steroid dienone is 1. The molecular formula is C18H17N3O2. The largest absolute Gasteiger partial charge is 0.338 e. The van der Waals surface area contributed by atoms with Crippen LogP contribution in [0.5, 0.6) is 0 Å². The van der Waals surface area contributed by atoms with Crippen LogP contribution in [-0.4, -0.2) is 13.7 Å². The Labute approximate surface area is 132 Å². The summed E-state index contributed by atoms with van der Waals surface area (Å²) in [5.41, 5.74) is 3.01. The first-order valence-corrected chi connectivity index (χ1v) is 7.65. The van der Waals surface area contributed by atoms with E-state index in [1.54, 1.807) is 11.6 Å². The summed E-state index contributed by atoms with van der Waals surface area (Å²) in [5, 5.41) is 0.613. The van der Waals surface area contributed by atoms with Gasteiger partial charge in [0.15, 0.2) is 0 Å². The van der Waals surface area contributed by atoms with Gasteiger partial charge >= 0.3 is 5.69 Å². The van der Waals surface area contributed by atoms with E-state index in [2.05, 4.69) is 10.6 Å². The summed E-state index contributed by atoms with van der Waals surface area (Å²) in [6.07, 6.45) is 5.02. The van der Waals surface area contributed by atoms with E-state index in [0.29, 0.717) is 10.9 Å². The van der Waals surface area contributed by atoms with Crippen molar-refractivity contribution in [2.45, 2.75) is 13.0 Å². The minimum absolute atomic E-state index is 0.239. The number of benzene rings is 1. The van der Waals surface area contributed by atoms with Crippen molar-refractivity contribution >= 4 is 17.0 Å². The summed E-state index contributed by atoms with van der Waals surface area (Å²) in [6.45, 7) is 0.808. The van der Waals surface area contributed by atoms with Crippen molar-refractivity contribution in [1.29, 1.82) is 0 Å². The minimum atomic E-state index is -0.297. The van der Waals surface area contributed by atoms with Crippen LogP contribution < -0.4 is 11.2 Å². The first-order valence-electron chi connectivity index (χ1n) is 7.65. The quantitative estimate of drug-likeness (QED) is 0.691. The Hall–Kier alpha value is -2.82. The van der Waals surface area contributed by atoms with Crippen molar-refractivity contribution < 1.29 is 0 Å². The summed E-state index contributed by atoms with van der Waals surface area (Å²) in [6, 6.07) is 9.90. The van der Waals surface area contributed by atoms with Crippen LogP contribution in [0.4, 0.5) is 0 Å². The van der Waals surface area contributed by atoms with Crippen LogP contribution in [0.25, 0.3) is 28.2 Å². The van der Waals surface area contributed by atoms with Gasteiger partial charge in [-0.3, -0.25) is 13.9 Å². The fourth-order valence-electron chi connectivity index (χ4n) is 3.44. The molecule has 0 unspecified atom stereocenters. The third-order valence-electron chi connectivity index (χ3n) is 4.55. The van der Waals surface area contributed by atoms with Gasteiger partial charge in [0.1, 0.15) is 0 Å². The molecule has 0 amide bonds. The summed E-state index contributed by atoms with van der Waals surface area (Å²) in [4.78, 5) is 25.2. The molecule has 4 rings (SSSR count). The predicted molar refractivity (Wildman–Crippen MR) is 91.5 cm³/mol. The van der Waals surface area contributed by atoms with Crippen LogP contribution in [0, 0.1) is 0 Å². The Morgan fingerprint density at radius 1 is 1.00 bits per heavy atom. The second kappa shape index (κ2) is 4.84. The maximum atomic E-state index is 12.8. The fourth-order valence-corrected chi connectivity index (χ4v) is 3.44. The molecule has 5 heteroatoms. The van der Waals surface area contributed by atoms with Crippen LogP contribution in [0.3, 0.4) is 0 Å². The number of hydrogen-bond donors (Lipinski definition) is 0. The Morgan fingerprint density at radius 2 is 1.74 bits per heavy atom. The van der Waals surface area contributed by atoms with E-state index in [1.165, 1.54) is 11.6 Å². The highest BCUT2D eigenvalue weighted by molar-refractivity contribution is 5.99. The van der Waals surface area contributed by atoms with Gasteiger partial charge in [0.2, 0.25) is 0 Å². The molecule has 1 aliphatic heterocycles. The maximum Gasteiger partial charge on any atom is 0.331 e. The van der Waals surface area contributed by atoms with E-state index in [4.69, 9.17) is 0 Å². The second-order valence-electron chi connectivity index (χ2n) is 5.87. The molecule has 0 saturated carbocycles. The number of aryl methyl sites for hydroxylation is 1. The van der Waals surface area contributed by atoms with E-state index in [0.717, 1.165) is 29.9 Å². The molecule has 1 aromatic carbocycles. The molecule has 23 heavy (non-hydrogen) atoms. The third kappa shape index (κ3) is 1.79. The highest BCUT2D eigenvalue weighted by Gasteiger charge is 2.24. The van der Waals surface area contributed by atoms with Crippen molar-refractivity contribution in [2.75, 3.05) is 0 Å². The Balaban J connectivity index is 2.30. The summed E-state index contributed by atoms with van der Waals surface area (Å²) in [5.74, 6) is 0. The lowest BCUT2D eigenvalue weighted by molar-refractivity contribution is 0.699. The lowest BCUT2D eigenvalue weighted by Crippen LogP contribution is -2.36. The van der Waals surface area contributed by atoms with Crippen molar-refractivity contribution in [2.24, 2.45) is 14.1 Å². The number of rotatable bonds is 1. The van der Waals surface area contributed by atoms with E-state index >= 15 is 0 Å². The lowest BCUT2D eigenvalue weighted by Gasteiger charge is -2.14. The average molecular weight is 307 g/mol. The first kappa shape index (κ1) is 13.8. The fraction of sp³-hybridized carbons (Fsp3) is 0.222. The molecule has 2 aromatic heterocycles. The third-order valence-corrected chi connectivity index (χ3v) is 4.55. The molecule has 3 aromatic rings. The van der Waals surface area contributed by atoms with Crippen LogP contribution in [0.2, 0.25) is 0 Å². The van der Waals surface area contributed by atoms with Gasteiger partial charge in [-0.25, -0.2) is 4.79 Å². The lowest BCUT2D eigenvalue weighted by atomic mass is 10.1. The van der Waals surface area contributed by atoms with Gasteiger partial charge in [-0.15, -0.1) is 0 Å². The number of nitrogens with zero attached hydrogens (tertiary/aromatic N) is 3. The van der Waals surface area contributed by atoms with E-state index in [-0.39, 0.29) is 11.2 Å². The highest BCUT2D eigenvalue weighted by Crippen LogP contribution is 2.34. The average Bonchev–Trinajstić information content (AvgIpc) is 2.94. The predicted octanol–water partition coefficient (Wildman–Crippen LogP) is 2.12. The smallest absolute Gasteiger partial charge is 0.331 e. The topological polar surface area (TPSA) is 48.9 Å². The van der Waals surface area contributed by atoms with Gasteiger partial charge in [-0.1, -0.05) is 36.4 Å². The van der Waals surface area contributed by atoms with Crippen LogP contribution in [0.1, 0.15) is 12.1 Å². The van der Waals surface area contributed by atoms with E-state index in [9.17, 15) is 9.59 Å². The Kier molecular flexibility index (Phi) is 2.91. The van der Waals surface area contributed by atoms with Crippen molar-refractivity contribution in [1.82, 2.24) is 13.7 Å². The molecule has 0 radical (unpaired) electrons. The summed E-state index contributed by atoms with van der Waals surface area (Å²) >= 11 is 0. The van der Waals surface area contributed by atoms with Crippen molar-refractivity contribution in [3.8, 4) is 11.3 Å². The monoisotopic (exact) mass is 307 g/mol. The van der Waals surface area contributed by atoms with Gasteiger partial charge < -0.3 is 4.57 Å². The molecule has 3 heterocycles. The van der Waals surface area contributed by atoms with Gasteiger partial charge in [0, 0.05) is 20.6 Å². The number of aromatic nitrogens is 3. The maximum absolute atomic E-state index is 12.8. The number of hydrogen-bond acceptors (Lipinski definition) is 2. The normalized spacial score (nSPS) is 13.5. The molecular weight excluding hydrogens is 290 g/mol.